The first-order chi connectivity index (χ1) is 11.2. The van der Waals surface area contributed by atoms with E-state index in [1.54, 1.807) is 0 Å². The summed E-state index contributed by atoms with van der Waals surface area (Å²) in [7, 11) is -0.807. The predicted octanol–water partition coefficient (Wildman–Crippen LogP) is 4.29. The van der Waals surface area contributed by atoms with E-state index < -0.39 is 7.12 Å². The molecule has 0 aromatic heterocycles. The van der Waals surface area contributed by atoms with Crippen LogP contribution < -0.4 is 15.9 Å². The van der Waals surface area contributed by atoms with E-state index in [2.05, 4.69) is 4.72 Å². The summed E-state index contributed by atoms with van der Waals surface area (Å²) in [5, 5.41) is 9.65. The summed E-state index contributed by atoms with van der Waals surface area (Å²) in [4.78, 5) is 1.08. The van der Waals surface area contributed by atoms with Gasteiger partial charge in [0, 0.05) is 16.3 Å². The first kappa shape index (κ1) is 22.4. The van der Waals surface area contributed by atoms with Crippen LogP contribution in [0.25, 0.3) is 0 Å². The number of hydrogen-bond donors (Lipinski definition) is 3. The van der Waals surface area contributed by atoms with Crippen LogP contribution in [0.4, 0.5) is 11.4 Å². The van der Waals surface area contributed by atoms with Gasteiger partial charge in [-0.3, -0.25) is 0 Å². The quantitative estimate of drug-likeness (QED) is 0.439. The molecule has 0 aliphatic carbocycles. The number of anilines is 2. The molecule has 0 spiro atoms. The Bertz CT molecular complexity index is 594. The zero-order valence-electron chi connectivity index (χ0n) is 14.2. The van der Waals surface area contributed by atoms with Gasteiger partial charge in [-0.1, -0.05) is 41.2 Å². The summed E-state index contributed by atoms with van der Waals surface area (Å²) in [5.41, 5.74) is 9.20. The van der Waals surface area contributed by atoms with Crippen LogP contribution in [0, 0.1) is 0 Å². The molecule has 0 atom stereocenters. The fraction of sp³-hybridized carbons (Fsp3) is 0.333. The van der Waals surface area contributed by atoms with Gasteiger partial charge in [0.1, 0.15) is 0 Å². The highest BCUT2D eigenvalue weighted by atomic mass is 32.2. The molecule has 1 heterocycles. The Labute approximate surface area is 151 Å². The third kappa shape index (κ3) is 6.11. The lowest BCUT2D eigenvalue weighted by atomic mass is 9.79. The molecule has 1 aliphatic rings. The summed E-state index contributed by atoms with van der Waals surface area (Å²) < 4.78 is 8.40. The second kappa shape index (κ2) is 11.8. The van der Waals surface area contributed by atoms with Crippen molar-refractivity contribution in [1.82, 2.24) is 0 Å². The van der Waals surface area contributed by atoms with Gasteiger partial charge in [0.25, 0.3) is 0 Å². The molecule has 0 radical (unpaired) electrons. The summed E-state index contributed by atoms with van der Waals surface area (Å²) in [5.74, 6) is 0. The molecule has 0 amide bonds. The highest BCUT2D eigenvalue weighted by molar-refractivity contribution is 8.00. The number of nitrogens with one attached hydrogen (secondary N) is 1. The second-order valence-electron chi connectivity index (χ2n) is 4.35. The molecule has 0 saturated carbocycles. The third-order valence-corrected chi connectivity index (χ3v) is 3.82. The average molecular weight is 348 g/mol. The van der Waals surface area contributed by atoms with Gasteiger partial charge in [0.05, 0.1) is 6.61 Å². The molecule has 2 aromatic carbocycles. The van der Waals surface area contributed by atoms with Crippen molar-refractivity contribution in [2.45, 2.75) is 46.6 Å². The van der Waals surface area contributed by atoms with E-state index in [-0.39, 0.29) is 7.43 Å². The first-order valence-electron chi connectivity index (χ1n) is 7.93. The Morgan fingerprint density at radius 3 is 2.33 bits per heavy atom. The monoisotopic (exact) mass is 348 g/mol. The minimum absolute atomic E-state index is 0. The van der Waals surface area contributed by atoms with Crippen molar-refractivity contribution in [3.8, 4) is 0 Å². The normalized spacial score (nSPS) is 11.1. The number of nitrogen functional groups attached to an aromatic ring is 1. The van der Waals surface area contributed by atoms with Gasteiger partial charge in [0.15, 0.2) is 0 Å². The van der Waals surface area contributed by atoms with Crippen LogP contribution in [0.15, 0.2) is 47.4 Å². The lowest BCUT2D eigenvalue weighted by molar-refractivity contribution is 0.275. The number of fused-ring (bicyclic) bond motifs is 1. The van der Waals surface area contributed by atoms with E-state index in [0.29, 0.717) is 6.61 Å². The molecular weight excluding hydrogens is 319 g/mol. The largest absolute Gasteiger partial charge is 0.491 e. The van der Waals surface area contributed by atoms with E-state index in [9.17, 15) is 5.02 Å². The van der Waals surface area contributed by atoms with Crippen molar-refractivity contribution < 1.29 is 9.68 Å². The van der Waals surface area contributed by atoms with Crippen LogP contribution in [0.1, 0.15) is 40.7 Å². The molecule has 4 N–H and O–H groups in total. The van der Waals surface area contributed by atoms with E-state index in [1.165, 1.54) is 11.9 Å². The van der Waals surface area contributed by atoms with Crippen LogP contribution in [0.3, 0.4) is 0 Å². The lowest BCUT2D eigenvalue weighted by Gasteiger charge is -2.07. The number of hydrogen-bond acceptors (Lipinski definition) is 5. The number of nitrogens with two attached hydrogens (primary N) is 1. The fourth-order valence-electron chi connectivity index (χ4n) is 1.93. The minimum Gasteiger partial charge on any atom is -0.423 e. The molecule has 4 nitrogen and oxygen atoms in total. The zero-order valence-corrected chi connectivity index (χ0v) is 15.0. The Hall–Kier alpha value is -1.63. The maximum Gasteiger partial charge on any atom is 0.491 e. The predicted molar refractivity (Wildman–Crippen MR) is 109 cm³/mol. The van der Waals surface area contributed by atoms with Crippen LogP contribution in [0.5, 0.6) is 0 Å². The summed E-state index contributed by atoms with van der Waals surface area (Å²) >= 11 is 1.50. The van der Waals surface area contributed by atoms with Crippen molar-refractivity contribution in [3.63, 3.8) is 0 Å². The molecule has 0 saturated heterocycles. The molecule has 0 bridgehead atoms. The molecule has 1 aliphatic heterocycles. The van der Waals surface area contributed by atoms with Crippen molar-refractivity contribution in [2.24, 2.45) is 0 Å². The third-order valence-electron chi connectivity index (χ3n) is 2.98. The first-order valence-corrected chi connectivity index (χ1v) is 8.75. The number of rotatable bonds is 3. The molecule has 6 heteroatoms. The molecule has 3 rings (SSSR count). The van der Waals surface area contributed by atoms with Gasteiger partial charge in [-0.05, 0) is 59.4 Å². The maximum absolute atomic E-state index is 9.65. The standard InChI is InChI=1S/C13H13BN2O2S.2C2H6.CH4/c15-10-2-5-12(6-3-10)19-16-11-4-1-9-8-18-14(17)13(9)7-11;2*1-2;/h1-7,16-17H,8,15H2;2*1-2H3;1H4. The van der Waals surface area contributed by atoms with Gasteiger partial charge in [-0.15, -0.1) is 0 Å². The van der Waals surface area contributed by atoms with Crippen molar-refractivity contribution in [2.75, 3.05) is 10.5 Å². The van der Waals surface area contributed by atoms with Crippen molar-refractivity contribution in [1.29, 1.82) is 0 Å². The topological polar surface area (TPSA) is 67.5 Å². The zero-order chi connectivity index (χ0) is 17.2. The van der Waals surface area contributed by atoms with E-state index in [4.69, 9.17) is 10.4 Å². The fourth-order valence-corrected chi connectivity index (χ4v) is 2.57. The molecule has 132 valence electrons. The van der Waals surface area contributed by atoms with E-state index >= 15 is 0 Å². The van der Waals surface area contributed by atoms with Gasteiger partial charge in [0.2, 0.25) is 0 Å². The van der Waals surface area contributed by atoms with Gasteiger partial charge in [-0.25, -0.2) is 0 Å². The highest BCUT2D eigenvalue weighted by Gasteiger charge is 2.27. The van der Waals surface area contributed by atoms with E-state index in [1.807, 2.05) is 70.2 Å². The Balaban J connectivity index is 0.000000987. The molecule has 24 heavy (non-hydrogen) atoms. The Morgan fingerprint density at radius 1 is 1.08 bits per heavy atom. The van der Waals surface area contributed by atoms with E-state index in [0.717, 1.165) is 27.3 Å². The average Bonchev–Trinajstić information content (AvgIpc) is 2.99. The Morgan fingerprint density at radius 2 is 1.71 bits per heavy atom. The van der Waals surface area contributed by atoms with Crippen molar-refractivity contribution in [3.05, 3.63) is 48.0 Å². The maximum atomic E-state index is 9.65. The van der Waals surface area contributed by atoms with Crippen LogP contribution in [-0.4, -0.2) is 12.1 Å². The summed E-state index contributed by atoms with van der Waals surface area (Å²) in [6.07, 6.45) is 0. The van der Waals surface area contributed by atoms with Crippen LogP contribution in [-0.2, 0) is 11.3 Å². The Kier molecular flexibility index (Phi) is 11.0. The molecular formula is C18H29BN2O2S. The molecule has 0 unspecified atom stereocenters. The molecule has 0 fully saturated rings. The van der Waals surface area contributed by atoms with Crippen molar-refractivity contribution >= 4 is 35.9 Å². The molecule has 2 aromatic rings. The summed E-state index contributed by atoms with van der Waals surface area (Å²) in [6, 6.07) is 13.5. The van der Waals surface area contributed by atoms with Gasteiger partial charge < -0.3 is 20.1 Å². The van der Waals surface area contributed by atoms with Crippen LogP contribution in [0.2, 0.25) is 0 Å². The van der Waals surface area contributed by atoms with Gasteiger partial charge >= 0.3 is 7.12 Å². The summed E-state index contributed by atoms with van der Waals surface area (Å²) in [6.45, 7) is 8.47. The lowest BCUT2D eigenvalue weighted by Crippen LogP contribution is -2.28. The van der Waals surface area contributed by atoms with Crippen LogP contribution >= 0.6 is 11.9 Å². The number of benzene rings is 2. The smallest absolute Gasteiger partial charge is 0.423 e. The SMILES string of the molecule is C.CC.CC.Nc1ccc(SNc2ccc3c(c2)B(O)OC3)cc1. The highest BCUT2D eigenvalue weighted by Crippen LogP contribution is 2.23. The van der Waals surface area contributed by atoms with Gasteiger partial charge in [-0.2, -0.15) is 0 Å². The minimum atomic E-state index is -0.807. The second-order valence-corrected chi connectivity index (χ2v) is 5.23.